The highest BCUT2D eigenvalue weighted by Gasteiger charge is 1.77. The molecule has 6 heteroatoms. The van der Waals surface area contributed by atoms with Gasteiger partial charge in [0.1, 0.15) is 0 Å². The summed E-state index contributed by atoms with van der Waals surface area (Å²) in [6, 6.07) is 0. The molecule has 5 nitrogen and oxygen atoms in total. The van der Waals surface area contributed by atoms with E-state index < -0.39 is 8.69 Å². The van der Waals surface area contributed by atoms with E-state index in [1.165, 1.54) is 0 Å². The molecule has 0 aliphatic carbocycles. The van der Waals surface area contributed by atoms with Gasteiger partial charge in [-0.1, -0.05) is 0 Å². The van der Waals surface area contributed by atoms with Crippen molar-refractivity contribution in [1.82, 2.24) is 5.48 Å². The average Bonchev–Trinajstić information content (AvgIpc) is 1.61. The van der Waals surface area contributed by atoms with Crippen LogP contribution in [0.1, 0.15) is 0 Å². The van der Waals surface area contributed by atoms with E-state index in [1.54, 1.807) is 0 Å². The maximum Gasteiger partial charge on any atom is 0.210 e. The first-order valence-electron chi connectivity index (χ1n) is 1.46. The Morgan fingerprint density at radius 3 is 2.71 bits per heavy atom. The molecule has 1 atom stereocenters. The van der Waals surface area contributed by atoms with Crippen molar-refractivity contribution in [2.75, 3.05) is 0 Å². The van der Waals surface area contributed by atoms with Crippen molar-refractivity contribution in [3.05, 3.63) is 0 Å². The van der Waals surface area contributed by atoms with Gasteiger partial charge in [0.05, 0.1) is 0 Å². The van der Waals surface area contributed by atoms with Gasteiger partial charge < -0.3 is 5.73 Å². The topological polar surface area (TPSA) is 88.2 Å². The first-order valence-corrected chi connectivity index (χ1v) is 2.41. The van der Waals surface area contributed by atoms with E-state index in [4.69, 9.17) is 11.1 Å². The van der Waals surface area contributed by atoms with Crippen LogP contribution in [0.4, 0.5) is 0 Å². The second-order valence-electron chi connectivity index (χ2n) is 0.730. The molecular formula is CH6N3O2P. The monoisotopic (exact) mass is 123 g/mol. The van der Waals surface area contributed by atoms with Gasteiger partial charge in [-0.3, -0.25) is 9.97 Å². The summed E-state index contributed by atoms with van der Waals surface area (Å²) >= 11 is 0. The second kappa shape index (κ2) is 3.64. The summed E-state index contributed by atoms with van der Waals surface area (Å²) in [5.74, 6) is -0.344. The van der Waals surface area contributed by atoms with Crippen molar-refractivity contribution < 1.29 is 9.19 Å². The molecule has 0 fully saturated rings. The fourth-order valence-corrected chi connectivity index (χ4v) is 0.263. The van der Waals surface area contributed by atoms with Crippen LogP contribution < -0.4 is 11.2 Å². The normalized spacial score (nSPS) is 9.71. The summed E-state index contributed by atoms with van der Waals surface area (Å²) < 4.78 is 13.5. The van der Waals surface area contributed by atoms with E-state index in [0.717, 1.165) is 0 Å². The van der Waals surface area contributed by atoms with Gasteiger partial charge >= 0.3 is 0 Å². The summed E-state index contributed by atoms with van der Waals surface area (Å²) in [5.41, 5.74) is 6.58. The first kappa shape index (κ1) is 6.46. The number of guanidine groups is 1. The molecule has 0 bridgehead atoms. The molecule has 42 valence electrons. The van der Waals surface area contributed by atoms with Gasteiger partial charge in [-0.05, 0) is 0 Å². The van der Waals surface area contributed by atoms with E-state index >= 15 is 0 Å². The van der Waals surface area contributed by atoms with Crippen molar-refractivity contribution >= 4 is 14.6 Å². The van der Waals surface area contributed by atoms with E-state index in [2.05, 4.69) is 4.62 Å². The smallest absolute Gasteiger partial charge is 0.210 e. The minimum absolute atomic E-state index is 0.344. The molecule has 0 amide bonds. The van der Waals surface area contributed by atoms with Crippen molar-refractivity contribution in [2.24, 2.45) is 5.73 Å². The van der Waals surface area contributed by atoms with Crippen LogP contribution in [0.5, 0.6) is 0 Å². The summed E-state index contributed by atoms with van der Waals surface area (Å²) in [6.45, 7) is 0. The van der Waals surface area contributed by atoms with Crippen LogP contribution in [0.2, 0.25) is 0 Å². The quantitative estimate of drug-likeness (QED) is 0.191. The standard InChI is InChI=1S/CH6N3O2P/c2-1(3)4-6-7-5/h7H2,(H4,2,3,4). The molecule has 7 heavy (non-hydrogen) atoms. The van der Waals surface area contributed by atoms with Crippen LogP contribution in [-0.2, 0) is 9.19 Å². The van der Waals surface area contributed by atoms with E-state index in [9.17, 15) is 4.57 Å². The Hall–Kier alpha value is -0.540. The molecule has 1 unspecified atom stereocenters. The zero-order valence-corrected chi connectivity index (χ0v) is 4.63. The maximum atomic E-state index is 9.48. The third kappa shape index (κ3) is 5.46. The summed E-state index contributed by atoms with van der Waals surface area (Å²) in [7, 11) is -1.32. The van der Waals surface area contributed by atoms with Crippen molar-refractivity contribution in [2.45, 2.75) is 0 Å². The molecule has 0 heterocycles. The Morgan fingerprint density at radius 2 is 2.57 bits per heavy atom. The molecule has 0 saturated carbocycles. The third-order valence-electron chi connectivity index (χ3n) is 0.217. The number of nitrogens with two attached hydrogens (primary N) is 1. The highest BCUT2D eigenvalue weighted by Crippen LogP contribution is 1.84. The lowest BCUT2D eigenvalue weighted by molar-refractivity contribution is 0.286. The molecule has 0 radical (unpaired) electrons. The molecule has 0 aromatic rings. The number of hydroxylamine groups is 1. The lowest BCUT2D eigenvalue weighted by Gasteiger charge is -1.93. The van der Waals surface area contributed by atoms with Crippen molar-refractivity contribution in [3.8, 4) is 0 Å². The third-order valence-corrected chi connectivity index (χ3v) is 0.431. The Bertz CT molecular complexity index is 83.0. The van der Waals surface area contributed by atoms with E-state index in [1.807, 2.05) is 5.48 Å². The summed E-state index contributed by atoms with van der Waals surface area (Å²) in [5, 5.41) is 6.41. The first-order chi connectivity index (χ1) is 3.27. The van der Waals surface area contributed by atoms with Gasteiger partial charge in [0, 0.05) is 0 Å². The molecule has 4 N–H and O–H groups in total. The van der Waals surface area contributed by atoms with Gasteiger partial charge in [0.15, 0.2) is 0 Å². The van der Waals surface area contributed by atoms with Gasteiger partial charge in [0.25, 0.3) is 0 Å². The van der Waals surface area contributed by atoms with Gasteiger partial charge in [-0.2, -0.15) is 0 Å². The molecule has 0 aliphatic heterocycles. The van der Waals surface area contributed by atoms with Crippen LogP contribution in [0.3, 0.4) is 0 Å². The summed E-state index contributed by atoms with van der Waals surface area (Å²) in [6.07, 6.45) is 0. The van der Waals surface area contributed by atoms with Crippen LogP contribution in [0.15, 0.2) is 0 Å². The second-order valence-corrected chi connectivity index (χ2v) is 1.16. The highest BCUT2D eigenvalue weighted by molar-refractivity contribution is 7.17. The lowest BCUT2D eigenvalue weighted by atomic mass is 11.1. The Kier molecular flexibility index (Phi) is 3.36. The molecule has 0 aromatic heterocycles. The Balaban J connectivity index is 2.97. The maximum absolute atomic E-state index is 9.48. The number of rotatable bonds is 2. The predicted octanol–water partition coefficient (Wildman–Crippen LogP) is -0.928. The van der Waals surface area contributed by atoms with Crippen molar-refractivity contribution in [3.63, 3.8) is 0 Å². The SMILES string of the molecule is N=C(N)NO[PH2]=O. The molecule has 0 spiro atoms. The van der Waals surface area contributed by atoms with Crippen LogP contribution in [0.25, 0.3) is 0 Å². The molecular weight excluding hydrogens is 117 g/mol. The molecule has 0 aliphatic rings. The summed E-state index contributed by atoms with van der Waals surface area (Å²) in [4.78, 5) is 0. The van der Waals surface area contributed by atoms with Gasteiger partial charge in [-0.25, -0.2) is 10.1 Å². The van der Waals surface area contributed by atoms with E-state index in [-0.39, 0.29) is 5.96 Å². The lowest BCUT2D eigenvalue weighted by Crippen LogP contribution is -2.27. The molecule has 0 aromatic carbocycles. The average molecular weight is 123 g/mol. The number of hydrogen-bond donors (Lipinski definition) is 3. The fraction of sp³-hybridized carbons (Fsp3) is 0. The Labute approximate surface area is 41.6 Å². The predicted molar refractivity (Wildman–Crippen MR) is 26.5 cm³/mol. The van der Waals surface area contributed by atoms with Gasteiger partial charge in [-0.15, -0.1) is 0 Å². The number of nitrogens with one attached hydrogen (secondary N) is 2. The fourth-order valence-electron chi connectivity index (χ4n) is 0.0875. The van der Waals surface area contributed by atoms with Crippen molar-refractivity contribution in [1.29, 1.82) is 5.41 Å². The zero-order valence-electron chi connectivity index (χ0n) is 3.47. The van der Waals surface area contributed by atoms with Gasteiger partial charge in [0.2, 0.25) is 14.6 Å². The number of hydrogen-bond acceptors (Lipinski definition) is 3. The molecule has 0 rings (SSSR count). The van der Waals surface area contributed by atoms with Crippen LogP contribution in [-0.4, -0.2) is 5.96 Å². The highest BCUT2D eigenvalue weighted by atomic mass is 31.1. The minimum Gasteiger partial charge on any atom is -0.368 e. The van der Waals surface area contributed by atoms with Crippen LogP contribution >= 0.6 is 8.69 Å². The molecule has 0 saturated heterocycles. The van der Waals surface area contributed by atoms with Crippen LogP contribution in [0, 0.1) is 5.41 Å². The largest absolute Gasteiger partial charge is 0.368 e. The minimum atomic E-state index is -1.32. The van der Waals surface area contributed by atoms with E-state index in [0.29, 0.717) is 0 Å². The Morgan fingerprint density at radius 1 is 2.00 bits per heavy atom. The zero-order chi connectivity index (χ0) is 5.70.